The topological polar surface area (TPSA) is 47.0 Å². The molecule has 0 spiro atoms. The van der Waals surface area contributed by atoms with E-state index in [1.54, 1.807) is 48.2 Å². The Bertz CT molecular complexity index is 1180. The largest absolute Gasteiger partial charge is 0.235 e. The van der Waals surface area contributed by atoms with Crippen LogP contribution in [0.1, 0.15) is 0 Å². The number of hydrogen-bond donors (Lipinski definition) is 0. The summed E-state index contributed by atoms with van der Waals surface area (Å²) in [5.74, 6) is 0. The maximum Gasteiger partial charge on any atom is 0.223 e. The van der Waals surface area contributed by atoms with Crippen LogP contribution < -0.4 is 0 Å². The van der Waals surface area contributed by atoms with E-state index < -0.39 is 9.84 Å². The van der Waals surface area contributed by atoms with Crippen LogP contribution in [0.25, 0.3) is 11.3 Å². The van der Waals surface area contributed by atoms with Crippen molar-refractivity contribution in [3.8, 4) is 11.3 Å². The van der Waals surface area contributed by atoms with Crippen LogP contribution in [0.15, 0.2) is 123 Å². The Labute approximate surface area is 169 Å². The molecule has 0 radical (unpaired) electrons. The molecule has 0 aliphatic rings. The molecule has 4 aromatic rings. The fraction of sp³-hybridized carbons (Fsp3) is 0. The summed E-state index contributed by atoms with van der Waals surface area (Å²) in [4.78, 5) is 6.80. The van der Waals surface area contributed by atoms with Crippen LogP contribution in [-0.2, 0) is 9.84 Å². The van der Waals surface area contributed by atoms with Gasteiger partial charge in [-0.1, -0.05) is 78.5 Å². The van der Waals surface area contributed by atoms with E-state index in [0.29, 0.717) is 5.69 Å². The number of hydrogen-bond acceptors (Lipinski definition) is 4. The Morgan fingerprint density at radius 1 is 0.643 bits per heavy atom. The van der Waals surface area contributed by atoms with E-state index >= 15 is 0 Å². The second kappa shape index (κ2) is 8.00. The molecule has 1 heterocycles. The molecule has 3 nitrogen and oxygen atoms in total. The van der Waals surface area contributed by atoms with Crippen molar-refractivity contribution >= 4 is 21.6 Å². The Kier molecular flexibility index (Phi) is 5.28. The summed E-state index contributed by atoms with van der Waals surface area (Å²) in [7, 11) is -3.68. The van der Waals surface area contributed by atoms with Crippen LogP contribution in [-0.4, -0.2) is 13.4 Å². The number of sulfone groups is 1. The van der Waals surface area contributed by atoms with E-state index in [9.17, 15) is 8.42 Å². The average Bonchev–Trinajstić information content (AvgIpc) is 2.76. The van der Waals surface area contributed by atoms with Gasteiger partial charge in [-0.2, -0.15) is 0 Å². The first kappa shape index (κ1) is 18.5. The van der Waals surface area contributed by atoms with Crippen LogP contribution in [0, 0.1) is 0 Å². The van der Waals surface area contributed by atoms with Crippen molar-refractivity contribution in [2.45, 2.75) is 19.7 Å². The van der Waals surface area contributed by atoms with Gasteiger partial charge in [-0.3, -0.25) is 0 Å². The molecule has 0 amide bonds. The lowest BCUT2D eigenvalue weighted by atomic mass is 10.1. The molecule has 0 aliphatic heterocycles. The van der Waals surface area contributed by atoms with Gasteiger partial charge in [0.2, 0.25) is 9.84 Å². The van der Waals surface area contributed by atoms with Crippen LogP contribution in [0.2, 0.25) is 0 Å². The molecule has 4 rings (SSSR count). The molecular formula is C23H17NO2S2. The van der Waals surface area contributed by atoms with Crippen LogP contribution >= 0.6 is 11.8 Å². The maximum atomic E-state index is 13.0. The Hall–Kier alpha value is -2.89. The van der Waals surface area contributed by atoms with E-state index in [1.807, 2.05) is 66.7 Å². The zero-order chi connectivity index (χ0) is 19.4. The third-order valence-electron chi connectivity index (χ3n) is 4.18. The Morgan fingerprint density at radius 2 is 1.21 bits per heavy atom. The third kappa shape index (κ3) is 3.86. The molecule has 3 aromatic carbocycles. The quantitative estimate of drug-likeness (QED) is 0.427. The molecule has 0 bridgehead atoms. The number of aromatic nitrogens is 1. The second-order valence-corrected chi connectivity index (χ2v) is 9.11. The summed E-state index contributed by atoms with van der Waals surface area (Å²) in [5, 5.41) is 0.0509. The van der Waals surface area contributed by atoms with Gasteiger partial charge in [0, 0.05) is 15.4 Å². The van der Waals surface area contributed by atoms with Crippen molar-refractivity contribution in [1.82, 2.24) is 4.98 Å². The van der Waals surface area contributed by atoms with E-state index in [2.05, 4.69) is 4.98 Å². The first-order valence-electron chi connectivity index (χ1n) is 8.74. The van der Waals surface area contributed by atoms with Crippen molar-refractivity contribution in [3.05, 3.63) is 103 Å². The predicted octanol–water partition coefficient (Wildman–Crippen LogP) is 5.73. The standard InChI is InChI=1S/C23H17NO2S2/c25-28(26,20-14-8-3-9-15-20)22-17-16-21(27-19-12-6-2-7-13-19)23(24-22)18-10-4-1-5-11-18/h1-17H. The predicted molar refractivity (Wildman–Crippen MR) is 112 cm³/mol. The van der Waals surface area contributed by atoms with Crippen LogP contribution in [0.3, 0.4) is 0 Å². The summed E-state index contributed by atoms with van der Waals surface area (Å²) < 4.78 is 26.0. The van der Waals surface area contributed by atoms with Crippen molar-refractivity contribution in [2.75, 3.05) is 0 Å². The van der Waals surface area contributed by atoms with Crippen molar-refractivity contribution in [3.63, 3.8) is 0 Å². The average molecular weight is 404 g/mol. The lowest BCUT2D eigenvalue weighted by Crippen LogP contribution is -2.05. The van der Waals surface area contributed by atoms with Gasteiger partial charge in [-0.15, -0.1) is 0 Å². The molecule has 0 fully saturated rings. The highest BCUT2D eigenvalue weighted by Gasteiger charge is 2.21. The first-order chi connectivity index (χ1) is 13.6. The normalized spacial score (nSPS) is 11.3. The monoisotopic (exact) mass is 403 g/mol. The van der Waals surface area contributed by atoms with Crippen molar-refractivity contribution in [1.29, 1.82) is 0 Å². The lowest BCUT2D eigenvalue weighted by molar-refractivity contribution is 0.592. The summed E-state index contributed by atoms with van der Waals surface area (Å²) in [6.07, 6.45) is 0. The van der Waals surface area contributed by atoms with E-state index in [-0.39, 0.29) is 9.92 Å². The molecule has 0 atom stereocenters. The van der Waals surface area contributed by atoms with Gasteiger partial charge in [-0.25, -0.2) is 13.4 Å². The Balaban J connectivity index is 1.83. The van der Waals surface area contributed by atoms with E-state index in [4.69, 9.17) is 0 Å². The van der Waals surface area contributed by atoms with Gasteiger partial charge >= 0.3 is 0 Å². The van der Waals surface area contributed by atoms with Gasteiger partial charge < -0.3 is 0 Å². The molecule has 0 aliphatic carbocycles. The lowest BCUT2D eigenvalue weighted by Gasteiger charge is -2.11. The van der Waals surface area contributed by atoms with Gasteiger partial charge in [0.1, 0.15) is 0 Å². The molecule has 1 aromatic heterocycles. The fourth-order valence-corrected chi connectivity index (χ4v) is 4.96. The van der Waals surface area contributed by atoms with Gasteiger partial charge in [0.25, 0.3) is 0 Å². The van der Waals surface area contributed by atoms with Crippen LogP contribution in [0.4, 0.5) is 0 Å². The molecule has 0 unspecified atom stereocenters. The van der Waals surface area contributed by atoms with Gasteiger partial charge in [-0.05, 0) is 36.4 Å². The molecule has 0 saturated heterocycles. The highest BCUT2D eigenvalue weighted by Crippen LogP contribution is 2.36. The Morgan fingerprint density at radius 3 is 1.86 bits per heavy atom. The zero-order valence-electron chi connectivity index (χ0n) is 14.9. The van der Waals surface area contributed by atoms with Gasteiger partial charge in [0.05, 0.1) is 10.6 Å². The summed E-state index contributed by atoms with van der Waals surface area (Å²) >= 11 is 1.57. The van der Waals surface area contributed by atoms with Crippen molar-refractivity contribution in [2.24, 2.45) is 0 Å². The summed E-state index contributed by atoms with van der Waals surface area (Å²) in [6.45, 7) is 0. The van der Waals surface area contributed by atoms with Crippen LogP contribution in [0.5, 0.6) is 0 Å². The number of rotatable bonds is 5. The molecule has 28 heavy (non-hydrogen) atoms. The SMILES string of the molecule is O=S(=O)(c1ccccc1)c1ccc(Sc2ccccc2)c(-c2ccccc2)n1. The highest BCUT2D eigenvalue weighted by atomic mass is 32.2. The molecule has 0 N–H and O–H groups in total. The molecular weight excluding hydrogens is 386 g/mol. The van der Waals surface area contributed by atoms with E-state index in [0.717, 1.165) is 15.4 Å². The second-order valence-electron chi connectivity index (χ2n) is 6.09. The van der Waals surface area contributed by atoms with Gasteiger partial charge in [0.15, 0.2) is 5.03 Å². The third-order valence-corrected chi connectivity index (χ3v) is 6.91. The first-order valence-corrected chi connectivity index (χ1v) is 11.0. The summed E-state index contributed by atoms with van der Waals surface area (Å²) in [6, 6.07) is 31.4. The summed E-state index contributed by atoms with van der Waals surface area (Å²) in [5.41, 5.74) is 1.54. The zero-order valence-corrected chi connectivity index (χ0v) is 16.5. The number of pyridine rings is 1. The smallest absolute Gasteiger partial charge is 0.223 e. The minimum Gasteiger partial charge on any atom is -0.235 e. The molecule has 5 heteroatoms. The number of nitrogens with zero attached hydrogens (tertiary/aromatic N) is 1. The number of benzene rings is 3. The van der Waals surface area contributed by atoms with Crippen molar-refractivity contribution < 1.29 is 8.42 Å². The fourth-order valence-electron chi connectivity index (χ4n) is 2.80. The molecule has 138 valence electrons. The highest BCUT2D eigenvalue weighted by molar-refractivity contribution is 7.99. The van der Waals surface area contributed by atoms with E-state index in [1.165, 1.54) is 0 Å². The minimum atomic E-state index is -3.68. The minimum absolute atomic E-state index is 0.0509. The maximum absolute atomic E-state index is 13.0. The molecule has 0 saturated carbocycles.